The Balaban J connectivity index is 1.63. The fraction of sp³-hybridized carbons (Fsp3) is 0.160. The molecule has 162 valence electrons. The second-order valence-electron chi connectivity index (χ2n) is 7.92. The quantitative estimate of drug-likeness (QED) is 0.460. The molecule has 1 aromatic carbocycles. The van der Waals surface area contributed by atoms with Crippen LogP contribution in [0.25, 0.3) is 33.3 Å². The fourth-order valence-electron chi connectivity index (χ4n) is 3.48. The van der Waals surface area contributed by atoms with Gasteiger partial charge in [-0.05, 0) is 43.9 Å². The maximum Gasteiger partial charge on any atom is 0.250 e. The molecule has 0 unspecified atom stereocenters. The van der Waals surface area contributed by atoms with Crippen molar-refractivity contribution in [1.82, 2.24) is 19.4 Å². The lowest BCUT2D eigenvalue weighted by Gasteiger charge is -2.08. The van der Waals surface area contributed by atoms with Gasteiger partial charge in [-0.1, -0.05) is 18.2 Å². The molecule has 0 saturated heterocycles. The smallest absolute Gasteiger partial charge is 0.250 e. The Labute approximate surface area is 186 Å². The molecule has 0 bridgehead atoms. The molecular formula is C25H25N5O2. The maximum absolute atomic E-state index is 12.2. The number of benzene rings is 1. The summed E-state index contributed by atoms with van der Waals surface area (Å²) in [5.41, 5.74) is 5.22. The van der Waals surface area contributed by atoms with Gasteiger partial charge < -0.3 is 19.8 Å². The summed E-state index contributed by atoms with van der Waals surface area (Å²) in [6.45, 7) is 0.702. The number of carbonyl (C=O) groups excluding carboxylic acids is 1. The Morgan fingerprint density at radius 3 is 2.78 bits per heavy atom. The zero-order valence-corrected chi connectivity index (χ0v) is 18.3. The van der Waals surface area contributed by atoms with Crippen LogP contribution in [0.2, 0.25) is 0 Å². The summed E-state index contributed by atoms with van der Waals surface area (Å²) >= 11 is 0. The first-order valence-electron chi connectivity index (χ1n) is 10.3. The number of hydrogen-bond donors (Lipinski definition) is 2. The lowest BCUT2D eigenvalue weighted by molar-refractivity contribution is -0.111. The predicted molar refractivity (Wildman–Crippen MR) is 129 cm³/mol. The number of hydrogen-bond acceptors (Lipinski definition) is 4. The number of pyridine rings is 2. The number of aromatic amines is 1. The predicted octanol–water partition coefficient (Wildman–Crippen LogP) is 3.65. The van der Waals surface area contributed by atoms with E-state index in [0.29, 0.717) is 6.54 Å². The third kappa shape index (κ3) is 4.68. The molecule has 3 heterocycles. The molecule has 7 heteroatoms. The number of likely N-dealkylation sites (N-methyl/N-ethyl adjacent to an activating group) is 1. The van der Waals surface area contributed by atoms with Gasteiger partial charge in [0.05, 0.1) is 0 Å². The van der Waals surface area contributed by atoms with E-state index in [-0.39, 0.29) is 11.5 Å². The van der Waals surface area contributed by atoms with Gasteiger partial charge in [-0.15, -0.1) is 0 Å². The van der Waals surface area contributed by atoms with Crippen LogP contribution in [0.15, 0.2) is 78.0 Å². The van der Waals surface area contributed by atoms with Crippen LogP contribution in [0.1, 0.15) is 0 Å². The number of rotatable bonds is 6. The van der Waals surface area contributed by atoms with Crippen molar-refractivity contribution in [3.8, 4) is 22.3 Å². The highest BCUT2D eigenvalue weighted by atomic mass is 16.1. The average Bonchev–Trinajstić information content (AvgIpc) is 3.19. The minimum Gasteiger partial charge on any atom is -0.346 e. The van der Waals surface area contributed by atoms with Gasteiger partial charge in [-0.2, -0.15) is 0 Å². The van der Waals surface area contributed by atoms with Crippen molar-refractivity contribution in [1.29, 1.82) is 0 Å². The van der Waals surface area contributed by atoms with Gasteiger partial charge in [0, 0.05) is 72.1 Å². The first-order chi connectivity index (χ1) is 15.4. The summed E-state index contributed by atoms with van der Waals surface area (Å²) < 4.78 is 1.56. The highest BCUT2D eigenvalue weighted by molar-refractivity contribution is 6.00. The van der Waals surface area contributed by atoms with Gasteiger partial charge >= 0.3 is 0 Å². The van der Waals surface area contributed by atoms with Gasteiger partial charge in [0.2, 0.25) is 11.5 Å². The molecule has 0 aliphatic rings. The normalized spacial score (nSPS) is 11.5. The number of anilines is 1. The average molecular weight is 428 g/mol. The highest BCUT2D eigenvalue weighted by Crippen LogP contribution is 2.31. The Morgan fingerprint density at radius 1 is 1.16 bits per heavy atom. The van der Waals surface area contributed by atoms with Crippen LogP contribution in [0.5, 0.6) is 0 Å². The lowest BCUT2D eigenvalue weighted by Crippen LogP contribution is -2.13. The molecular weight excluding hydrogens is 402 g/mol. The van der Waals surface area contributed by atoms with Gasteiger partial charge in [0.15, 0.2) is 0 Å². The maximum atomic E-state index is 12.2. The number of H-pyrrole nitrogens is 1. The summed E-state index contributed by atoms with van der Waals surface area (Å²) in [6, 6.07) is 13.1. The molecule has 4 rings (SSSR count). The highest BCUT2D eigenvalue weighted by Gasteiger charge is 2.10. The minimum absolute atomic E-state index is 0.0529. The summed E-state index contributed by atoms with van der Waals surface area (Å²) in [4.78, 5) is 33.7. The van der Waals surface area contributed by atoms with Crippen molar-refractivity contribution in [2.45, 2.75) is 0 Å². The van der Waals surface area contributed by atoms with Gasteiger partial charge in [0.25, 0.3) is 0 Å². The van der Waals surface area contributed by atoms with Crippen molar-refractivity contribution >= 4 is 22.6 Å². The van der Waals surface area contributed by atoms with Gasteiger partial charge in [-0.25, -0.2) is 4.98 Å². The lowest BCUT2D eigenvalue weighted by atomic mass is 10.0. The number of nitrogens with zero attached hydrogens (tertiary/aromatic N) is 3. The van der Waals surface area contributed by atoms with E-state index in [4.69, 9.17) is 0 Å². The molecule has 0 atom stereocenters. The molecule has 3 aromatic heterocycles. The molecule has 0 aliphatic heterocycles. The van der Waals surface area contributed by atoms with E-state index in [9.17, 15) is 9.59 Å². The topological polar surface area (TPSA) is 83.0 Å². The number of amides is 1. The number of aryl methyl sites for hydroxylation is 1. The van der Waals surface area contributed by atoms with Crippen LogP contribution in [0, 0.1) is 0 Å². The van der Waals surface area contributed by atoms with Crippen molar-refractivity contribution < 1.29 is 4.79 Å². The van der Waals surface area contributed by atoms with Crippen molar-refractivity contribution in [2.24, 2.45) is 7.05 Å². The number of nitrogens with one attached hydrogen (secondary N) is 2. The molecule has 0 aliphatic carbocycles. The van der Waals surface area contributed by atoms with E-state index in [1.54, 1.807) is 30.0 Å². The Hall–Kier alpha value is -3.97. The Morgan fingerprint density at radius 2 is 2.00 bits per heavy atom. The largest absolute Gasteiger partial charge is 0.346 e. The second-order valence-corrected chi connectivity index (χ2v) is 7.92. The molecule has 0 fully saturated rings. The van der Waals surface area contributed by atoms with Crippen LogP contribution in [-0.2, 0) is 11.8 Å². The molecule has 4 aromatic rings. The van der Waals surface area contributed by atoms with Crippen LogP contribution in [0.3, 0.4) is 0 Å². The molecule has 1 amide bonds. The van der Waals surface area contributed by atoms with Crippen molar-refractivity contribution in [3.63, 3.8) is 0 Å². The Bertz CT molecular complexity index is 1360. The zero-order valence-electron chi connectivity index (χ0n) is 18.3. The Kier molecular flexibility index (Phi) is 6.00. The summed E-state index contributed by atoms with van der Waals surface area (Å²) in [5.74, 6) is -0.166. The van der Waals surface area contributed by atoms with E-state index < -0.39 is 0 Å². The van der Waals surface area contributed by atoms with Gasteiger partial charge in [0.1, 0.15) is 5.65 Å². The van der Waals surface area contributed by atoms with E-state index in [1.165, 1.54) is 0 Å². The molecule has 7 nitrogen and oxygen atoms in total. The van der Waals surface area contributed by atoms with E-state index in [2.05, 4.69) is 21.4 Å². The third-order valence-electron chi connectivity index (χ3n) is 5.13. The monoisotopic (exact) mass is 427 g/mol. The zero-order chi connectivity index (χ0) is 22.7. The molecule has 32 heavy (non-hydrogen) atoms. The van der Waals surface area contributed by atoms with Crippen molar-refractivity contribution in [3.05, 3.63) is 83.6 Å². The second kappa shape index (κ2) is 9.03. The van der Waals surface area contributed by atoms with Crippen LogP contribution >= 0.6 is 0 Å². The molecule has 0 spiro atoms. The van der Waals surface area contributed by atoms with E-state index >= 15 is 0 Å². The molecule has 0 saturated carbocycles. The summed E-state index contributed by atoms with van der Waals surface area (Å²) in [5, 5.41) is 3.86. The standard InChI is InChI=1S/C25H25N5O2/c1-29(2)11-5-8-23(31)28-20-7-4-6-17(12-20)19-13-21-22(15-27-25(21)26-14-19)18-9-10-24(32)30(3)16-18/h4-10,12-16H,11H2,1-3H3,(H,26,27)(H,28,31)/b8-5+. The summed E-state index contributed by atoms with van der Waals surface area (Å²) in [7, 11) is 5.64. The van der Waals surface area contributed by atoms with E-state index in [0.717, 1.165) is 39.0 Å². The fourth-order valence-corrected chi connectivity index (χ4v) is 3.48. The number of carbonyl (C=O) groups is 1. The van der Waals surface area contributed by atoms with Crippen molar-refractivity contribution in [2.75, 3.05) is 26.0 Å². The summed E-state index contributed by atoms with van der Waals surface area (Å²) in [6.07, 6.45) is 8.89. The van der Waals surface area contributed by atoms with E-state index in [1.807, 2.05) is 67.8 Å². The first kappa shape index (κ1) is 21.3. The third-order valence-corrected chi connectivity index (χ3v) is 5.13. The molecule has 2 N–H and O–H groups in total. The van der Waals surface area contributed by atoms with Crippen LogP contribution < -0.4 is 10.9 Å². The van der Waals surface area contributed by atoms with Crippen LogP contribution in [-0.4, -0.2) is 46.0 Å². The number of fused-ring (bicyclic) bond motifs is 1. The first-order valence-corrected chi connectivity index (χ1v) is 10.3. The number of aromatic nitrogens is 3. The van der Waals surface area contributed by atoms with Crippen LogP contribution in [0.4, 0.5) is 5.69 Å². The SMILES string of the molecule is CN(C)C/C=C/C(=O)Nc1cccc(-c2cnc3[nH]cc(-c4ccc(=O)n(C)c4)c3c2)c1. The molecule has 0 radical (unpaired) electrons. The van der Waals surface area contributed by atoms with Gasteiger partial charge in [-0.3, -0.25) is 9.59 Å². The minimum atomic E-state index is -0.166.